The molecule has 0 radical (unpaired) electrons. The quantitative estimate of drug-likeness (QED) is 0.721. The van der Waals surface area contributed by atoms with Crippen LogP contribution in [0.15, 0.2) is 12.1 Å². The number of benzene rings is 1. The lowest BCUT2D eigenvalue weighted by atomic mass is 9.98. The minimum atomic E-state index is -0.214. The largest absolute Gasteiger partial charge is 0.507 e. The summed E-state index contributed by atoms with van der Waals surface area (Å²) >= 11 is 0. The van der Waals surface area contributed by atoms with Crippen LogP contribution >= 0.6 is 0 Å². The van der Waals surface area contributed by atoms with Gasteiger partial charge in [0.2, 0.25) is 0 Å². The molecule has 0 spiro atoms. The number of rotatable bonds is 3. The van der Waals surface area contributed by atoms with Crippen molar-refractivity contribution in [3.8, 4) is 5.75 Å². The van der Waals surface area contributed by atoms with Crippen LogP contribution in [0.1, 0.15) is 40.9 Å². The molecule has 1 atom stereocenters. The van der Waals surface area contributed by atoms with Crippen LogP contribution in [0.25, 0.3) is 0 Å². The van der Waals surface area contributed by atoms with Gasteiger partial charge in [-0.15, -0.1) is 0 Å². The van der Waals surface area contributed by atoms with Gasteiger partial charge in [-0.2, -0.15) is 0 Å². The van der Waals surface area contributed by atoms with Gasteiger partial charge in [0.15, 0.2) is 6.29 Å². The number of phenols is 1. The molecule has 0 unspecified atom stereocenters. The summed E-state index contributed by atoms with van der Waals surface area (Å²) in [6.07, 6.45) is 1.38. The number of aldehydes is 1. The molecule has 3 heteroatoms. The molecule has 0 bridgehead atoms. The second kappa shape index (κ2) is 4.24. The lowest BCUT2D eigenvalue weighted by Gasteiger charge is -2.13. The maximum Gasteiger partial charge on any atom is 0.153 e. The van der Waals surface area contributed by atoms with Crippen LogP contribution in [0.5, 0.6) is 5.75 Å². The molecular weight excluding hydrogens is 178 g/mol. The zero-order valence-electron chi connectivity index (χ0n) is 8.45. The summed E-state index contributed by atoms with van der Waals surface area (Å²) in [4.78, 5) is 10.6. The van der Waals surface area contributed by atoms with Gasteiger partial charge in [0.25, 0.3) is 0 Å². The maximum absolute atomic E-state index is 10.6. The normalized spacial score (nSPS) is 12.5. The molecule has 14 heavy (non-hydrogen) atoms. The average Bonchev–Trinajstić information content (AvgIpc) is 2.19. The van der Waals surface area contributed by atoms with Crippen LogP contribution < -0.4 is 5.73 Å². The molecule has 0 aliphatic carbocycles. The smallest absolute Gasteiger partial charge is 0.153 e. The van der Waals surface area contributed by atoms with Gasteiger partial charge >= 0.3 is 0 Å². The van der Waals surface area contributed by atoms with Crippen molar-refractivity contribution in [1.29, 1.82) is 0 Å². The second-order valence-corrected chi connectivity index (χ2v) is 3.42. The van der Waals surface area contributed by atoms with Crippen LogP contribution in [-0.2, 0) is 0 Å². The number of hydrogen-bond donors (Lipinski definition) is 2. The first kappa shape index (κ1) is 10.7. The minimum Gasteiger partial charge on any atom is -0.507 e. The summed E-state index contributed by atoms with van der Waals surface area (Å²) in [7, 11) is 0. The van der Waals surface area contributed by atoms with E-state index in [4.69, 9.17) is 5.73 Å². The molecule has 0 amide bonds. The van der Waals surface area contributed by atoms with Crippen LogP contribution in [0.4, 0.5) is 0 Å². The van der Waals surface area contributed by atoms with E-state index in [2.05, 4.69) is 0 Å². The highest BCUT2D eigenvalue weighted by Crippen LogP contribution is 2.28. The first-order chi connectivity index (χ1) is 6.60. The third-order valence-corrected chi connectivity index (χ3v) is 2.28. The molecule has 0 aliphatic heterocycles. The Hall–Kier alpha value is -1.35. The predicted molar refractivity (Wildman–Crippen MR) is 55.5 cm³/mol. The molecule has 1 rings (SSSR count). The lowest BCUT2D eigenvalue weighted by Crippen LogP contribution is -2.09. The number of aromatic hydroxyl groups is 1. The number of aryl methyl sites for hydroxylation is 1. The van der Waals surface area contributed by atoms with Crippen LogP contribution in [0.3, 0.4) is 0 Å². The first-order valence-corrected chi connectivity index (χ1v) is 4.64. The van der Waals surface area contributed by atoms with Crippen LogP contribution in [0.2, 0.25) is 0 Å². The Labute approximate surface area is 83.6 Å². The van der Waals surface area contributed by atoms with Crippen molar-refractivity contribution in [3.05, 3.63) is 28.8 Å². The van der Waals surface area contributed by atoms with Gasteiger partial charge in [-0.3, -0.25) is 4.79 Å². The van der Waals surface area contributed by atoms with Crippen molar-refractivity contribution < 1.29 is 9.90 Å². The molecule has 0 aliphatic rings. The Balaban J connectivity index is 3.28. The van der Waals surface area contributed by atoms with Crippen molar-refractivity contribution in [2.24, 2.45) is 5.73 Å². The molecule has 76 valence electrons. The lowest BCUT2D eigenvalue weighted by molar-refractivity contribution is 0.112. The molecule has 1 aromatic carbocycles. The fourth-order valence-electron chi connectivity index (χ4n) is 1.43. The molecule has 0 saturated carbocycles. The SMILES string of the molecule is CC[C@@H](N)c1cc(C)cc(C=O)c1O. The van der Waals surface area contributed by atoms with Crippen molar-refractivity contribution in [3.63, 3.8) is 0 Å². The Bertz CT molecular complexity index is 347. The second-order valence-electron chi connectivity index (χ2n) is 3.42. The molecular formula is C11H15NO2. The van der Waals surface area contributed by atoms with Crippen molar-refractivity contribution in [2.45, 2.75) is 26.3 Å². The number of hydrogen-bond acceptors (Lipinski definition) is 3. The maximum atomic E-state index is 10.6. The van der Waals surface area contributed by atoms with Crippen molar-refractivity contribution >= 4 is 6.29 Å². The molecule has 3 nitrogen and oxygen atoms in total. The number of carbonyl (C=O) groups is 1. The average molecular weight is 193 g/mol. The van der Waals surface area contributed by atoms with Crippen molar-refractivity contribution in [1.82, 2.24) is 0 Å². The van der Waals surface area contributed by atoms with Gasteiger partial charge in [-0.1, -0.05) is 13.0 Å². The molecule has 1 aromatic rings. The van der Waals surface area contributed by atoms with Crippen LogP contribution in [0, 0.1) is 6.92 Å². The molecule has 0 saturated heterocycles. The van der Waals surface area contributed by atoms with Gasteiger partial charge in [0.05, 0.1) is 5.56 Å². The van der Waals surface area contributed by atoms with E-state index < -0.39 is 0 Å². The van der Waals surface area contributed by atoms with Gasteiger partial charge in [-0.25, -0.2) is 0 Å². The molecule has 3 N–H and O–H groups in total. The van der Waals surface area contributed by atoms with E-state index in [9.17, 15) is 9.90 Å². The Morgan fingerprint density at radius 1 is 1.57 bits per heavy atom. The first-order valence-electron chi connectivity index (χ1n) is 4.64. The van der Waals surface area contributed by atoms with Crippen LogP contribution in [-0.4, -0.2) is 11.4 Å². The zero-order valence-corrected chi connectivity index (χ0v) is 8.45. The fourth-order valence-corrected chi connectivity index (χ4v) is 1.43. The van der Waals surface area contributed by atoms with E-state index in [1.165, 1.54) is 0 Å². The summed E-state index contributed by atoms with van der Waals surface area (Å²) in [5.41, 5.74) is 7.70. The summed E-state index contributed by atoms with van der Waals surface area (Å²) in [5.74, 6) is 0.0138. The van der Waals surface area contributed by atoms with E-state index in [0.29, 0.717) is 17.4 Å². The summed E-state index contributed by atoms with van der Waals surface area (Å²) in [6, 6.07) is 3.25. The Kier molecular flexibility index (Phi) is 3.25. The Morgan fingerprint density at radius 3 is 2.71 bits per heavy atom. The highest BCUT2D eigenvalue weighted by atomic mass is 16.3. The third-order valence-electron chi connectivity index (χ3n) is 2.28. The van der Waals surface area contributed by atoms with E-state index in [1.54, 1.807) is 6.07 Å². The van der Waals surface area contributed by atoms with Crippen molar-refractivity contribution in [2.75, 3.05) is 0 Å². The third kappa shape index (κ3) is 1.93. The molecule has 0 heterocycles. The summed E-state index contributed by atoms with van der Waals surface area (Å²) in [5, 5.41) is 9.70. The van der Waals surface area contributed by atoms with Gasteiger partial charge < -0.3 is 10.8 Å². The van der Waals surface area contributed by atoms with E-state index >= 15 is 0 Å². The fraction of sp³-hybridized carbons (Fsp3) is 0.364. The van der Waals surface area contributed by atoms with Gasteiger partial charge in [-0.05, 0) is 25.0 Å². The topological polar surface area (TPSA) is 63.3 Å². The van der Waals surface area contributed by atoms with Gasteiger partial charge in [0.1, 0.15) is 5.75 Å². The Morgan fingerprint density at radius 2 is 2.21 bits per heavy atom. The highest BCUT2D eigenvalue weighted by molar-refractivity contribution is 5.80. The zero-order chi connectivity index (χ0) is 10.7. The molecule has 0 fully saturated rings. The highest BCUT2D eigenvalue weighted by Gasteiger charge is 2.12. The molecule has 0 aromatic heterocycles. The monoisotopic (exact) mass is 193 g/mol. The summed E-state index contributed by atoms with van der Waals surface area (Å²) in [6.45, 7) is 3.81. The number of carbonyl (C=O) groups excluding carboxylic acids is 1. The predicted octanol–water partition coefficient (Wildman–Crippen LogP) is 1.92. The van der Waals surface area contributed by atoms with E-state index in [1.807, 2.05) is 19.9 Å². The minimum absolute atomic E-state index is 0.0138. The van der Waals surface area contributed by atoms with Gasteiger partial charge in [0, 0.05) is 11.6 Å². The van der Waals surface area contributed by atoms with E-state index in [-0.39, 0.29) is 11.8 Å². The number of nitrogens with two attached hydrogens (primary N) is 1. The van der Waals surface area contributed by atoms with E-state index in [0.717, 1.165) is 12.0 Å². The number of phenolic OH excluding ortho intramolecular Hbond substituents is 1. The summed E-state index contributed by atoms with van der Waals surface area (Å²) < 4.78 is 0. The standard InChI is InChI=1S/C11H15NO2/c1-3-10(12)9-5-7(2)4-8(6-13)11(9)14/h4-6,10,14H,3,12H2,1-2H3/t10-/m1/s1.